The van der Waals surface area contributed by atoms with Gasteiger partial charge in [-0.2, -0.15) is 0 Å². The number of para-hydroxylation sites is 1. The summed E-state index contributed by atoms with van der Waals surface area (Å²) in [5.74, 6) is -1.38. The van der Waals surface area contributed by atoms with Crippen molar-refractivity contribution < 1.29 is 28.7 Å². The Kier molecular flexibility index (Phi) is 7.36. The Morgan fingerprint density at radius 2 is 1.67 bits per heavy atom. The zero-order valence-corrected chi connectivity index (χ0v) is 24.0. The van der Waals surface area contributed by atoms with Crippen LogP contribution in [0.3, 0.4) is 0 Å². The molecule has 4 unspecified atom stereocenters. The summed E-state index contributed by atoms with van der Waals surface area (Å²) in [6.45, 7) is 3.51. The van der Waals surface area contributed by atoms with Gasteiger partial charge in [-0.15, -0.1) is 0 Å². The number of carbonyl (C=O) groups excluding carboxylic acids is 4. The van der Waals surface area contributed by atoms with Crippen LogP contribution < -0.4 is 9.64 Å². The van der Waals surface area contributed by atoms with Crippen LogP contribution in [0.2, 0.25) is 0 Å². The molecule has 0 bridgehead atoms. The van der Waals surface area contributed by atoms with E-state index in [0.717, 1.165) is 0 Å². The standard InChI is InChI=1S/C35H30N2O6/c1-20-7-6-9-27-31(20)34(40)37(33(27)39)24-15-11-22(12-16-24)30-19-28(26-8-4-5-10-29(26)36-30)35(41)43-21(2)32(38)23-13-17-25(42-3)18-14-23/h4-8,10-21,27,31H,9H2,1-3H3. The number of imide groups is 1. The van der Waals surface area contributed by atoms with Crippen molar-refractivity contribution in [2.24, 2.45) is 17.8 Å². The van der Waals surface area contributed by atoms with Crippen LogP contribution >= 0.6 is 0 Å². The summed E-state index contributed by atoms with van der Waals surface area (Å²) in [6, 6.07) is 22.5. The number of carbonyl (C=O) groups is 4. The quantitative estimate of drug-likeness (QED) is 0.115. The number of rotatable bonds is 7. The predicted octanol–water partition coefficient (Wildman–Crippen LogP) is 6.04. The smallest absolute Gasteiger partial charge is 0.339 e. The zero-order chi connectivity index (χ0) is 30.2. The maximum absolute atomic E-state index is 13.4. The molecule has 4 atom stereocenters. The molecule has 2 heterocycles. The second kappa shape index (κ2) is 11.3. The van der Waals surface area contributed by atoms with Crippen molar-refractivity contribution in [1.29, 1.82) is 0 Å². The highest BCUT2D eigenvalue weighted by atomic mass is 16.5. The Labute approximate surface area is 248 Å². The highest BCUT2D eigenvalue weighted by Gasteiger charge is 2.50. The fourth-order valence-corrected chi connectivity index (χ4v) is 5.94. The first kappa shape index (κ1) is 28.0. The number of pyridine rings is 1. The van der Waals surface area contributed by atoms with Crippen molar-refractivity contribution in [3.8, 4) is 17.0 Å². The Morgan fingerprint density at radius 3 is 2.37 bits per heavy atom. The number of nitrogens with zero attached hydrogens (tertiary/aromatic N) is 2. The first-order chi connectivity index (χ1) is 20.8. The molecule has 1 aliphatic heterocycles. The number of methoxy groups -OCH3 is 1. The van der Waals surface area contributed by atoms with Crippen LogP contribution in [0.1, 0.15) is 41.0 Å². The second-order valence-electron chi connectivity index (χ2n) is 10.9. The van der Waals surface area contributed by atoms with Crippen molar-refractivity contribution in [2.45, 2.75) is 26.4 Å². The third-order valence-electron chi connectivity index (χ3n) is 8.26. The summed E-state index contributed by atoms with van der Waals surface area (Å²) in [6.07, 6.45) is 3.53. The molecule has 0 saturated carbocycles. The molecule has 2 aliphatic rings. The summed E-state index contributed by atoms with van der Waals surface area (Å²) < 4.78 is 10.8. The van der Waals surface area contributed by atoms with E-state index in [1.165, 1.54) is 4.90 Å². The molecule has 8 nitrogen and oxygen atoms in total. The summed E-state index contributed by atoms with van der Waals surface area (Å²) in [4.78, 5) is 58.8. The summed E-state index contributed by atoms with van der Waals surface area (Å²) >= 11 is 0. The van der Waals surface area contributed by atoms with Gasteiger partial charge in [-0.05, 0) is 67.8 Å². The van der Waals surface area contributed by atoms with Gasteiger partial charge in [0.05, 0.1) is 41.4 Å². The molecule has 0 radical (unpaired) electrons. The number of amides is 2. The number of benzene rings is 3. The van der Waals surface area contributed by atoms with Gasteiger partial charge in [0.1, 0.15) is 5.75 Å². The molecule has 0 spiro atoms. The van der Waals surface area contributed by atoms with E-state index >= 15 is 0 Å². The fraction of sp³-hybridized carbons (Fsp3) is 0.229. The normalized spacial score (nSPS) is 20.2. The predicted molar refractivity (Wildman–Crippen MR) is 162 cm³/mol. The fourth-order valence-electron chi connectivity index (χ4n) is 5.94. The molecular weight excluding hydrogens is 544 g/mol. The van der Waals surface area contributed by atoms with Gasteiger partial charge in [-0.25, -0.2) is 9.78 Å². The molecule has 1 aromatic heterocycles. The van der Waals surface area contributed by atoms with Crippen molar-refractivity contribution in [3.05, 3.63) is 102 Å². The maximum Gasteiger partial charge on any atom is 0.339 e. The topological polar surface area (TPSA) is 103 Å². The molecule has 6 rings (SSSR count). The van der Waals surface area contributed by atoms with Crippen LogP contribution in [-0.2, 0) is 14.3 Å². The molecule has 8 heteroatoms. The van der Waals surface area contributed by atoms with Gasteiger partial charge in [0.2, 0.25) is 17.6 Å². The van der Waals surface area contributed by atoms with E-state index < -0.39 is 12.1 Å². The van der Waals surface area contributed by atoms with E-state index in [2.05, 4.69) is 0 Å². The number of ether oxygens (including phenoxy) is 2. The van der Waals surface area contributed by atoms with E-state index in [-0.39, 0.29) is 40.9 Å². The van der Waals surface area contributed by atoms with Gasteiger partial charge < -0.3 is 9.47 Å². The average molecular weight is 575 g/mol. The summed E-state index contributed by atoms with van der Waals surface area (Å²) in [5.41, 5.74) is 2.97. The third-order valence-corrected chi connectivity index (χ3v) is 8.26. The molecule has 1 fully saturated rings. The Morgan fingerprint density at radius 1 is 0.953 bits per heavy atom. The van der Waals surface area contributed by atoms with Gasteiger partial charge >= 0.3 is 5.97 Å². The van der Waals surface area contributed by atoms with Crippen LogP contribution in [0.25, 0.3) is 22.2 Å². The van der Waals surface area contributed by atoms with Crippen LogP contribution in [0.5, 0.6) is 5.75 Å². The first-order valence-electron chi connectivity index (χ1n) is 14.2. The zero-order valence-electron chi connectivity index (χ0n) is 24.0. The minimum Gasteiger partial charge on any atom is -0.497 e. The Bertz CT molecular complexity index is 1780. The second-order valence-corrected chi connectivity index (χ2v) is 10.9. The van der Waals surface area contributed by atoms with Gasteiger partial charge in [-0.3, -0.25) is 19.3 Å². The monoisotopic (exact) mass is 574 g/mol. The number of allylic oxidation sites excluding steroid dienone is 2. The molecule has 43 heavy (non-hydrogen) atoms. The van der Waals surface area contributed by atoms with Crippen molar-refractivity contribution in [1.82, 2.24) is 4.98 Å². The lowest BCUT2D eigenvalue weighted by molar-refractivity contribution is -0.122. The Balaban J connectivity index is 1.27. The number of aromatic nitrogens is 1. The van der Waals surface area contributed by atoms with Gasteiger partial charge in [-0.1, -0.05) is 49.4 Å². The minimum atomic E-state index is -1.02. The maximum atomic E-state index is 13.4. The lowest BCUT2D eigenvalue weighted by atomic mass is 9.78. The number of Topliss-reactive ketones (excluding diaryl/α,β-unsaturated/α-hetero) is 1. The Hall–Kier alpha value is -5.11. The van der Waals surface area contributed by atoms with Crippen LogP contribution in [0.4, 0.5) is 5.69 Å². The van der Waals surface area contributed by atoms with E-state index in [1.54, 1.807) is 86.8 Å². The van der Waals surface area contributed by atoms with Gasteiger partial charge in [0, 0.05) is 16.5 Å². The van der Waals surface area contributed by atoms with E-state index in [4.69, 9.17) is 14.5 Å². The third kappa shape index (κ3) is 5.09. The number of ketones is 1. The number of fused-ring (bicyclic) bond motifs is 2. The molecule has 1 aliphatic carbocycles. The number of hydrogen-bond acceptors (Lipinski definition) is 7. The lowest BCUT2D eigenvalue weighted by Gasteiger charge is -2.22. The van der Waals surface area contributed by atoms with Crippen LogP contribution in [0.15, 0.2) is 91.0 Å². The highest BCUT2D eigenvalue weighted by molar-refractivity contribution is 6.22. The lowest BCUT2D eigenvalue weighted by Crippen LogP contribution is -2.31. The summed E-state index contributed by atoms with van der Waals surface area (Å²) in [5, 5.41) is 0.593. The number of hydrogen-bond donors (Lipinski definition) is 0. The average Bonchev–Trinajstić information content (AvgIpc) is 3.30. The largest absolute Gasteiger partial charge is 0.497 e. The van der Waals surface area contributed by atoms with E-state index in [0.29, 0.717) is 45.6 Å². The summed E-state index contributed by atoms with van der Waals surface area (Å²) in [7, 11) is 1.54. The SMILES string of the molecule is COc1ccc(C(=O)C(C)OC(=O)c2cc(-c3ccc(N4C(=O)C5CC=CC(C)C5C4=O)cc3)nc3ccccc23)cc1. The number of anilines is 1. The van der Waals surface area contributed by atoms with Crippen molar-refractivity contribution in [2.75, 3.05) is 12.0 Å². The number of esters is 1. The highest BCUT2D eigenvalue weighted by Crippen LogP contribution is 2.40. The van der Waals surface area contributed by atoms with E-state index in [1.807, 2.05) is 25.1 Å². The van der Waals surface area contributed by atoms with Gasteiger partial charge in [0.25, 0.3) is 0 Å². The molecule has 1 saturated heterocycles. The van der Waals surface area contributed by atoms with E-state index in [9.17, 15) is 19.2 Å². The first-order valence-corrected chi connectivity index (χ1v) is 14.2. The van der Waals surface area contributed by atoms with Gasteiger partial charge in [0.15, 0.2) is 6.10 Å². The molecule has 216 valence electrons. The minimum absolute atomic E-state index is 0.00803. The van der Waals surface area contributed by atoms with Crippen molar-refractivity contribution >= 4 is 40.2 Å². The molecule has 2 amide bonds. The van der Waals surface area contributed by atoms with Crippen molar-refractivity contribution in [3.63, 3.8) is 0 Å². The molecule has 3 aromatic carbocycles. The van der Waals surface area contributed by atoms with Crippen LogP contribution in [0, 0.1) is 17.8 Å². The van der Waals surface area contributed by atoms with Crippen LogP contribution in [-0.4, -0.2) is 41.8 Å². The molecule has 4 aromatic rings. The molecular formula is C35H30N2O6. The molecule has 0 N–H and O–H groups in total.